The largest absolute Gasteiger partial charge is 0.496 e. The summed E-state index contributed by atoms with van der Waals surface area (Å²) in [6.07, 6.45) is -0.169. The fourth-order valence-electron chi connectivity index (χ4n) is 1.81. The van der Waals surface area contributed by atoms with Gasteiger partial charge in [0.05, 0.1) is 13.5 Å². The topological polar surface area (TPSA) is 98.6 Å². The summed E-state index contributed by atoms with van der Waals surface area (Å²) in [7, 11) is 1.56. The van der Waals surface area contributed by atoms with E-state index in [0.717, 1.165) is 16.7 Å². The van der Waals surface area contributed by atoms with Gasteiger partial charge in [-0.2, -0.15) is 0 Å². The van der Waals surface area contributed by atoms with Crippen LogP contribution in [0, 0.1) is 13.8 Å². The van der Waals surface area contributed by atoms with E-state index in [9.17, 15) is 4.79 Å². The van der Waals surface area contributed by atoms with Gasteiger partial charge in [-0.25, -0.2) is 0 Å². The van der Waals surface area contributed by atoms with Gasteiger partial charge in [0, 0.05) is 17.6 Å². The molecule has 0 aliphatic rings. The summed E-state index contributed by atoms with van der Waals surface area (Å²) < 4.78 is 5.27. The first kappa shape index (κ1) is 14.5. The summed E-state index contributed by atoms with van der Waals surface area (Å²) in [4.78, 5) is 10.7. The van der Waals surface area contributed by atoms with E-state index in [1.807, 2.05) is 26.0 Å². The molecule has 0 aromatic heterocycles. The highest BCUT2D eigenvalue weighted by molar-refractivity contribution is 5.67. The van der Waals surface area contributed by atoms with Gasteiger partial charge < -0.3 is 21.3 Å². The monoisotopic (exact) mass is 252 g/mol. The highest BCUT2D eigenvalue weighted by Crippen LogP contribution is 2.29. The molecule has 5 heteroatoms. The summed E-state index contributed by atoms with van der Waals surface area (Å²) in [5.74, 6) is -0.313. The molecule has 1 rings (SSSR count). The van der Waals surface area contributed by atoms with Crippen molar-refractivity contribution < 1.29 is 14.6 Å². The number of ether oxygens (including phenoxy) is 1. The van der Waals surface area contributed by atoms with Crippen molar-refractivity contribution in [1.82, 2.24) is 0 Å². The lowest BCUT2D eigenvalue weighted by atomic mass is 9.94. The van der Waals surface area contributed by atoms with Crippen LogP contribution in [0.1, 0.15) is 29.2 Å². The summed E-state index contributed by atoms with van der Waals surface area (Å²) >= 11 is 0. The Bertz CT molecular complexity index is 446. The van der Waals surface area contributed by atoms with Crippen molar-refractivity contribution in [2.24, 2.45) is 11.5 Å². The molecular formula is C13H20N2O3. The van der Waals surface area contributed by atoms with Crippen molar-refractivity contribution in [1.29, 1.82) is 0 Å². The van der Waals surface area contributed by atoms with Crippen molar-refractivity contribution in [2.45, 2.75) is 32.4 Å². The van der Waals surface area contributed by atoms with E-state index in [0.29, 0.717) is 5.75 Å². The number of carboxylic acid groups (broad SMARTS) is 1. The molecule has 0 fully saturated rings. The second kappa shape index (κ2) is 5.84. The summed E-state index contributed by atoms with van der Waals surface area (Å²) in [6, 6.07) is 2.59. The van der Waals surface area contributed by atoms with Gasteiger partial charge in [0.1, 0.15) is 5.75 Å². The lowest BCUT2D eigenvalue weighted by Gasteiger charge is -2.22. The summed E-state index contributed by atoms with van der Waals surface area (Å²) in [5.41, 5.74) is 14.7. The van der Waals surface area contributed by atoms with E-state index in [1.165, 1.54) is 0 Å². The number of methoxy groups -OCH3 is 1. The van der Waals surface area contributed by atoms with Crippen LogP contribution in [0.15, 0.2) is 12.1 Å². The van der Waals surface area contributed by atoms with Crippen molar-refractivity contribution >= 4 is 5.97 Å². The lowest BCUT2D eigenvalue weighted by Crippen LogP contribution is -2.36. The molecule has 2 unspecified atom stereocenters. The van der Waals surface area contributed by atoms with Crippen molar-refractivity contribution in [3.05, 3.63) is 28.8 Å². The fraction of sp³-hybridized carbons (Fsp3) is 0.462. The first-order chi connectivity index (χ1) is 8.36. The molecule has 1 aromatic carbocycles. The highest BCUT2D eigenvalue weighted by Gasteiger charge is 2.22. The van der Waals surface area contributed by atoms with Gasteiger partial charge in [-0.3, -0.25) is 4.79 Å². The minimum Gasteiger partial charge on any atom is -0.496 e. The van der Waals surface area contributed by atoms with E-state index in [-0.39, 0.29) is 6.42 Å². The first-order valence-electron chi connectivity index (χ1n) is 5.75. The molecule has 0 amide bonds. The number of nitrogens with two attached hydrogens (primary N) is 2. The van der Waals surface area contributed by atoms with E-state index in [1.54, 1.807) is 7.11 Å². The Morgan fingerprint density at radius 1 is 1.33 bits per heavy atom. The van der Waals surface area contributed by atoms with Gasteiger partial charge in [-0.05, 0) is 31.0 Å². The molecule has 0 heterocycles. The van der Waals surface area contributed by atoms with Crippen LogP contribution in [-0.2, 0) is 4.79 Å². The maximum Gasteiger partial charge on any atom is 0.304 e. The zero-order valence-electron chi connectivity index (χ0n) is 10.9. The fourth-order valence-corrected chi connectivity index (χ4v) is 1.81. The van der Waals surface area contributed by atoms with Gasteiger partial charge in [0.2, 0.25) is 0 Å². The molecule has 1 aromatic rings. The Balaban J connectivity index is 3.07. The normalized spacial score (nSPS) is 14.1. The predicted molar refractivity (Wildman–Crippen MR) is 69.6 cm³/mol. The Hall–Kier alpha value is -1.59. The smallest absolute Gasteiger partial charge is 0.304 e. The van der Waals surface area contributed by atoms with Gasteiger partial charge in [0.15, 0.2) is 0 Å². The summed E-state index contributed by atoms with van der Waals surface area (Å²) in [5, 5.41) is 8.74. The average molecular weight is 252 g/mol. The number of carboxylic acids is 1. The van der Waals surface area contributed by atoms with Crippen LogP contribution in [0.2, 0.25) is 0 Å². The van der Waals surface area contributed by atoms with Crippen LogP contribution in [0.4, 0.5) is 0 Å². The van der Waals surface area contributed by atoms with Crippen LogP contribution in [0.3, 0.4) is 0 Å². The number of hydrogen-bond acceptors (Lipinski definition) is 4. The van der Waals surface area contributed by atoms with Gasteiger partial charge >= 0.3 is 5.97 Å². The van der Waals surface area contributed by atoms with Crippen LogP contribution < -0.4 is 16.2 Å². The van der Waals surface area contributed by atoms with Crippen LogP contribution in [-0.4, -0.2) is 24.2 Å². The molecule has 0 aliphatic carbocycles. The third kappa shape index (κ3) is 3.21. The molecule has 2 atom stereocenters. The van der Waals surface area contributed by atoms with E-state index >= 15 is 0 Å². The molecule has 0 bridgehead atoms. The standard InChI is InChI=1S/C13H20N2O3/c1-7-4-9(11(18-3)5-8(7)2)13(15)10(14)6-12(16)17/h4-5,10,13H,6,14-15H2,1-3H3,(H,16,17). The highest BCUT2D eigenvalue weighted by atomic mass is 16.5. The Labute approximate surface area is 107 Å². The zero-order valence-corrected chi connectivity index (χ0v) is 10.9. The number of aryl methyl sites for hydroxylation is 2. The molecule has 0 saturated heterocycles. The number of aliphatic carboxylic acids is 1. The number of rotatable bonds is 5. The maximum atomic E-state index is 10.7. The minimum atomic E-state index is -0.958. The molecule has 0 saturated carbocycles. The molecular weight excluding hydrogens is 232 g/mol. The third-order valence-corrected chi connectivity index (χ3v) is 3.08. The van der Waals surface area contributed by atoms with E-state index in [2.05, 4.69) is 0 Å². The van der Waals surface area contributed by atoms with Gasteiger partial charge in [-0.1, -0.05) is 6.07 Å². The second-order valence-electron chi connectivity index (χ2n) is 4.47. The van der Waals surface area contributed by atoms with Crippen LogP contribution in [0.25, 0.3) is 0 Å². The van der Waals surface area contributed by atoms with Crippen molar-refractivity contribution in [2.75, 3.05) is 7.11 Å². The van der Waals surface area contributed by atoms with Crippen molar-refractivity contribution in [3.8, 4) is 5.75 Å². The molecule has 100 valence electrons. The Kier molecular flexibility index (Phi) is 4.69. The molecule has 5 N–H and O–H groups in total. The number of hydrogen-bond donors (Lipinski definition) is 3. The van der Waals surface area contributed by atoms with Crippen LogP contribution in [0.5, 0.6) is 5.75 Å². The molecule has 18 heavy (non-hydrogen) atoms. The molecule has 0 spiro atoms. The maximum absolute atomic E-state index is 10.7. The first-order valence-corrected chi connectivity index (χ1v) is 5.75. The third-order valence-electron chi connectivity index (χ3n) is 3.08. The number of benzene rings is 1. The zero-order chi connectivity index (χ0) is 13.9. The van der Waals surface area contributed by atoms with Gasteiger partial charge in [0.25, 0.3) is 0 Å². The average Bonchev–Trinajstić information content (AvgIpc) is 2.30. The van der Waals surface area contributed by atoms with Crippen LogP contribution >= 0.6 is 0 Å². The van der Waals surface area contributed by atoms with Gasteiger partial charge in [-0.15, -0.1) is 0 Å². The van der Waals surface area contributed by atoms with Crippen molar-refractivity contribution in [3.63, 3.8) is 0 Å². The Morgan fingerprint density at radius 2 is 1.89 bits per heavy atom. The second-order valence-corrected chi connectivity index (χ2v) is 4.47. The quantitative estimate of drug-likeness (QED) is 0.729. The summed E-state index contributed by atoms with van der Waals surface area (Å²) in [6.45, 7) is 3.94. The Morgan fingerprint density at radius 3 is 2.39 bits per heavy atom. The minimum absolute atomic E-state index is 0.169. The lowest BCUT2D eigenvalue weighted by molar-refractivity contribution is -0.137. The molecule has 5 nitrogen and oxygen atoms in total. The van der Waals surface area contributed by atoms with E-state index in [4.69, 9.17) is 21.3 Å². The SMILES string of the molecule is COc1cc(C)c(C)cc1C(N)C(N)CC(=O)O. The molecule has 0 radical (unpaired) electrons. The predicted octanol–water partition coefficient (Wildman–Crippen LogP) is 1.11. The molecule has 0 aliphatic heterocycles. The van der Waals surface area contributed by atoms with E-state index < -0.39 is 18.1 Å². The number of carbonyl (C=O) groups is 1.